The van der Waals surface area contributed by atoms with Gasteiger partial charge in [-0.1, -0.05) is 6.92 Å². The number of hydrogen-bond donors (Lipinski definition) is 1. The third-order valence-corrected chi connectivity index (χ3v) is 2.69. The molecular weight excluding hydrogens is 178 g/mol. The molecule has 0 bridgehead atoms. The molecule has 0 aromatic carbocycles. The van der Waals surface area contributed by atoms with Crippen LogP contribution in [0.3, 0.4) is 0 Å². The Morgan fingerprint density at radius 1 is 1.21 bits per heavy atom. The minimum absolute atomic E-state index is 0.757. The van der Waals surface area contributed by atoms with Crippen molar-refractivity contribution in [1.82, 2.24) is 5.32 Å². The van der Waals surface area contributed by atoms with Crippen LogP contribution in [0.4, 0.5) is 0 Å². The Kier molecular flexibility index (Phi) is 6.15. The minimum atomic E-state index is 0.757. The molecule has 3 heteroatoms. The van der Waals surface area contributed by atoms with E-state index in [2.05, 4.69) is 12.2 Å². The van der Waals surface area contributed by atoms with Gasteiger partial charge in [-0.15, -0.1) is 0 Å². The molecule has 1 aliphatic carbocycles. The Labute approximate surface area is 87.2 Å². The van der Waals surface area contributed by atoms with Gasteiger partial charge in [-0.3, -0.25) is 0 Å². The van der Waals surface area contributed by atoms with Gasteiger partial charge in [0.05, 0.1) is 6.61 Å². The van der Waals surface area contributed by atoms with E-state index in [4.69, 9.17) is 9.47 Å². The molecule has 1 saturated carbocycles. The molecule has 14 heavy (non-hydrogen) atoms. The fourth-order valence-corrected chi connectivity index (χ4v) is 1.81. The molecule has 0 aliphatic heterocycles. The Bertz CT molecular complexity index is 135. The van der Waals surface area contributed by atoms with E-state index in [1.165, 1.54) is 12.8 Å². The lowest BCUT2D eigenvalue weighted by molar-refractivity contribution is 0.0990. The number of hydrogen-bond acceptors (Lipinski definition) is 3. The largest absolute Gasteiger partial charge is 0.385 e. The topological polar surface area (TPSA) is 30.5 Å². The van der Waals surface area contributed by atoms with Gasteiger partial charge >= 0.3 is 0 Å². The van der Waals surface area contributed by atoms with E-state index in [0.717, 1.165) is 44.7 Å². The first-order valence-corrected chi connectivity index (χ1v) is 5.63. The van der Waals surface area contributed by atoms with Crippen LogP contribution in [-0.2, 0) is 9.47 Å². The summed E-state index contributed by atoms with van der Waals surface area (Å²) < 4.78 is 10.4. The molecule has 0 unspecified atom stereocenters. The second-order valence-corrected chi connectivity index (χ2v) is 4.19. The fraction of sp³-hybridized carbons (Fsp3) is 1.00. The van der Waals surface area contributed by atoms with Crippen molar-refractivity contribution >= 4 is 0 Å². The predicted octanol–water partition coefficient (Wildman–Crippen LogP) is 1.43. The van der Waals surface area contributed by atoms with E-state index in [-0.39, 0.29) is 0 Å². The molecule has 0 amide bonds. The maximum Gasteiger partial charge on any atom is 0.0591 e. The van der Waals surface area contributed by atoms with Crippen molar-refractivity contribution in [2.75, 3.05) is 33.5 Å². The summed E-state index contributed by atoms with van der Waals surface area (Å²) in [5, 5.41) is 3.48. The predicted molar refractivity (Wildman–Crippen MR) is 57.5 cm³/mol. The number of rotatable bonds is 8. The van der Waals surface area contributed by atoms with Crippen LogP contribution in [0.5, 0.6) is 0 Å². The molecule has 0 spiro atoms. The first kappa shape index (κ1) is 12.0. The zero-order valence-electron chi connectivity index (χ0n) is 9.42. The van der Waals surface area contributed by atoms with Crippen LogP contribution in [-0.4, -0.2) is 39.5 Å². The second-order valence-electron chi connectivity index (χ2n) is 4.19. The molecule has 84 valence electrons. The van der Waals surface area contributed by atoms with E-state index in [9.17, 15) is 0 Å². The summed E-state index contributed by atoms with van der Waals surface area (Å²) in [6.07, 6.45) is 3.67. The summed E-state index contributed by atoms with van der Waals surface area (Å²) in [5.74, 6) is 0.926. The first-order chi connectivity index (χ1) is 6.83. The minimum Gasteiger partial charge on any atom is -0.385 e. The van der Waals surface area contributed by atoms with Gasteiger partial charge in [-0.05, 0) is 25.2 Å². The van der Waals surface area contributed by atoms with Crippen molar-refractivity contribution in [2.45, 2.75) is 32.2 Å². The summed E-state index contributed by atoms with van der Waals surface area (Å²) >= 11 is 0. The molecular formula is C11H23NO2. The highest BCUT2D eigenvalue weighted by molar-refractivity contribution is 4.81. The van der Waals surface area contributed by atoms with Crippen LogP contribution in [0.15, 0.2) is 0 Å². The summed E-state index contributed by atoms with van der Waals surface area (Å²) in [7, 11) is 1.72. The monoisotopic (exact) mass is 201 g/mol. The fourth-order valence-electron chi connectivity index (χ4n) is 1.81. The third-order valence-electron chi connectivity index (χ3n) is 2.69. The Morgan fingerprint density at radius 3 is 2.64 bits per heavy atom. The van der Waals surface area contributed by atoms with E-state index < -0.39 is 0 Å². The quantitative estimate of drug-likeness (QED) is 0.603. The molecule has 0 atom stereocenters. The number of nitrogens with one attached hydrogen (secondary N) is 1. The maximum absolute atomic E-state index is 5.44. The summed E-state index contributed by atoms with van der Waals surface area (Å²) in [6.45, 7) is 5.74. The average Bonchev–Trinajstić information content (AvgIpc) is 2.13. The zero-order chi connectivity index (χ0) is 10.2. The van der Waals surface area contributed by atoms with Gasteiger partial charge in [0.1, 0.15) is 0 Å². The van der Waals surface area contributed by atoms with Crippen LogP contribution < -0.4 is 5.32 Å². The SMILES string of the molecule is COCCCOCCNC1CC(C)C1. The molecule has 1 aliphatic rings. The number of ether oxygens (including phenoxy) is 2. The summed E-state index contributed by atoms with van der Waals surface area (Å²) in [6, 6.07) is 0.757. The molecule has 0 aromatic heterocycles. The van der Waals surface area contributed by atoms with Crippen LogP contribution in [0.1, 0.15) is 26.2 Å². The smallest absolute Gasteiger partial charge is 0.0591 e. The highest BCUT2D eigenvalue weighted by atomic mass is 16.5. The van der Waals surface area contributed by atoms with Crippen LogP contribution in [0.25, 0.3) is 0 Å². The molecule has 1 rings (SSSR count). The van der Waals surface area contributed by atoms with Gasteiger partial charge in [-0.2, -0.15) is 0 Å². The summed E-state index contributed by atoms with van der Waals surface area (Å²) in [4.78, 5) is 0. The number of methoxy groups -OCH3 is 1. The highest BCUT2D eigenvalue weighted by Crippen LogP contribution is 2.25. The maximum atomic E-state index is 5.44. The van der Waals surface area contributed by atoms with Crippen molar-refractivity contribution in [2.24, 2.45) is 5.92 Å². The van der Waals surface area contributed by atoms with Crippen LogP contribution in [0.2, 0.25) is 0 Å². The Morgan fingerprint density at radius 2 is 2.00 bits per heavy atom. The lowest BCUT2D eigenvalue weighted by Crippen LogP contribution is -2.41. The Hall–Kier alpha value is -0.120. The van der Waals surface area contributed by atoms with Crippen LogP contribution in [0, 0.1) is 5.92 Å². The van der Waals surface area contributed by atoms with Gasteiger partial charge in [-0.25, -0.2) is 0 Å². The highest BCUT2D eigenvalue weighted by Gasteiger charge is 2.23. The van der Waals surface area contributed by atoms with Gasteiger partial charge in [0.2, 0.25) is 0 Å². The molecule has 3 nitrogen and oxygen atoms in total. The standard InChI is InChI=1S/C11H23NO2/c1-10-8-11(9-10)12-4-7-14-6-3-5-13-2/h10-12H,3-9H2,1-2H3. The van der Waals surface area contributed by atoms with Crippen molar-refractivity contribution < 1.29 is 9.47 Å². The third kappa shape index (κ3) is 4.94. The molecule has 1 fully saturated rings. The van der Waals surface area contributed by atoms with Gasteiger partial charge in [0.15, 0.2) is 0 Å². The summed E-state index contributed by atoms with van der Waals surface area (Å²) in [5.41, 5.74) is 0. The molecule has 0 heterocycles. The Balaban J connectivity index is 1.72. The van der Waals surface area contributed by atoms with Gasteiger partial charge in [0, 0.05) is 32.9 Å². The van der Waals surface area contributed by atoms with Crippen molar-refractivity contribution in [3.63, 3.8) is 0 Å². The van der Waals surface area contributed by atoms with Gasteiger partial charge < -0.3 is 14.8 Å². The molecule has 0 radical (unpaired) electrons. The normalized spacial score (nSPS) is 26.1. The molecule has 0 aromatic rings. The average molecular weight is 201 g/mol. The van der Waals surface area contributed by atoms with E-state index >= 15 is 0 Å². The van der Waals surface area contributed by atoms with Crippen molar-refractivity contribution in [1.29, 1.82) is 0 Å². The lowest BCUT2D eigenvalue weighted by atomic mass is 9.82. The van der Waals surface area contributed by atoms with Crippen molar-refractivity contribution in [3.8, 4) is 0 Å². The van der Waals surface area contributed by atoms with E-state index in [1.807, 2.05) is 0 Å². The second kappa shape index (κ2) is 7.21. The van der Waals surface area contributed by atoms with E-state index in [1.54, 1.807) is 7.11 Å². The van der Waals surface area contributed by atoms with Crippen molar-refractivity contribution in [3.05, 3.63) is 0 Å². The molecule has 1 N–H and O–H groups in total. The van der Waals surface area contributed by atoms with E-state index in [0.29, 0.717) is 0 Å². The lowest BCUT2D eigenvalue weighted by Gasteiger charge is -2.33. The first-order valence-electron chi connectivity index (χ1n) is 5.63. The molecule has 0 saturated heterocycles. The zero-order valence-corrected chi connectivity index (χ0v) is 9.42. The van der Waals surface area contributed by atoms with Gasteiger partial charge in [0.25, 0.3) is 0 Å². The van der Waals surface area contributed by atoms with Crippen LogP contribution >= 0.6 is 0 Å².